The largest absolute Gasteiger partial charge is 1.00 e. The van der Waals surface area contributed by atoms with E-state index in [1.54, 1.807) is 11.3 Å². The average Bonchev–Trinajstić information content (AvgIpc) is 2.84. The molecule has 0 bridgehead atoms. The molecule has 0 aliphatic heterocycles. The van der Waals surface area contributed by atoms with Gasteiger partial charge in [0.05, 0.1) is 0 Å². The second kappa shape index (κ2) is 6.68. The summed E-state index contributed by atoms with van der Waals surface area (Å²) in [5, 5.41) is 2.09. The third-order valence-corrected chi connectivity index (χ3v) is 4.20. The maximum Gasteiger partial charge on any atom is 1.00 e. The molecule has 0 amide bonds. The predicted molar refractivity (Wildman–Crippen MR) is 88.0 cm³/mol. The minimum Gasteiger partial charge on any atom is -0.546 e. The fraction of sp³-hybridized carbons (Fsp3) is 0.267. The highest BCUT2D eigenvalue weighted by atomic mass is 32.1. The molecule has 0 unspecified atom stereocenters. The van der Waals surface area contributed by atoms with Crippen LogP contribution in [-0.2, 0) is 6.42 Å². The first kappa shape index (κ1) is 14.0. The molecule has 0 N–H and O–H groups in total. The predicted octanol–water partition coefficient (Wildman–Crippen LogP) is 4.48. The molecule has 0 saturated carbocycles. The number of hydrogen-bond acceptors (Lipinski definition) is 3. The number of aryl methyl sites for hydroxylation is 1. The van der Waals surface area contributed by atoms with Gasteiger partial charge in [-0.25, -0.2) is 0 Å². The van der Waals surface area contributed by atoms with Gasteiger partial charge in [-0.2, -0.15) is 0 Å². The molecule has 0 saturated heterocycles. The highest BCUT2D eigenvalue weighted by Gasteiger charge is 2.05. The van der Waals surface area contributed by atoms with Crippen molar-refractivity contribution in [3.63, 3.8) is 0 Å². The highest BCUT2D eigenvalue weighted by molar-refractivity contribution is 7.10. The Bertz CT molecular complexity index is 555. The Hall–Kier alpha value is -1.39. The van der Waals surface area contributed by atoms with Crippen LogP contribution in [0.4, 0.5) is 5.69 Å². The van der Waals surface area contributed by atoms with E-state index in [2.05, 4.69) is 54.7 Å². The summed E-state index contributed by atoms with van der Waals surface area (Å²) >= 11 is 1.76. The second-order valence-corrected chi connectivity index (χ2v) is 8.10. The molecule has 19 heavy (non-hydrogen) atoms. The molecule has 0 spiro atoms. The SMILES string of the molecule is Cc1ccc(N=CCc2cccs2)c(O[SiH](C)C)c1.[H+]. The molecule has 100 valence electrons. The highest BCUT2D eigenvalue weighted by Crippen LogP contribution is 2.29. The van der Waals surface area contributed by atoms with E-state index < -0.39 is 9.04 Å². The fourth-order valence-electron chi connectivity index (χ4n) is 1.74. The van der Waals surface area contributed by atoms with Gasteiger partial charge in [-0.15, -0.1) is 11.3 Å². The first-order chi connectivity index (χ1) is 9.15. The molecule has 0 aliphatic rings. The molecule has 0 radical (unpaired) electrons. The van der Waals surface area contributed by atoms with Gasteiger partial charge in [-0.05, 0) is 49.2 Å². The minimum atomic E-state index is -1.10. The minimum absolute atomic E-state index is 0. The number of thiophene rings is 1. The fourth-order valence-corrected chi connectivity index (χ4v) is 3.10. The monoisotopic (exact) mass is 290 g/mol. The van der Waals surface area contributed by atoms with Crippen molar-refractivity contribution in [1.29, 1.82) is 0 Å². The molecule has 1 aromatic heterocycles. The summed E-state index contributed by atoms with van der Waals surface area (Å²) in [7, 11) is -1.10. The summed E-state index contributed by atoms with van der Waals surface area (Å²) in [4.78, 5) is 5.88. The Morgan fingerprint density at radius 1 is 1.37 bits per heavy atom. The molecule has 0 fully saturated rings. The molecule has 4 heteroatoms. The molecular formula is C15H20NOSSi+. The Morgan fingerprint density at radius 3 is 2.89 bits per heavy atom. The standard InChI is InChI=1S/C15H19NOSSi/c1-12-6-7-14(15(11-12)17-19(2)3)16-9-8-13-5-4-10-18-13/h4-7,9-11,19H,8H2,1-3H3/p+1. The van der Waals surface area contributed by atoms with Crippen LogP contribution in [0.15, 0.2) is 40.7 Å². The maximum atomic E-state index is 5.94. The van der Waals surface area contributed by atoms with E-state index >= 15 is 0 Å². The van der Waals surface area contributed by atoms with E-state index in [1.807, 2.05) is 12.3 Å². The van der Waals surface area contributed by atoms with E-state index in [-0.39, 0.29) is 1.43 Å². The van der Waals surface area contributed by atoms with Crippen molar-refractivity contribution in [3.8, 4) is 5.75 Å². The Labute approximate surface area is 122 Å². The van der Waals surface area contributed by atoms with E-state index in [1.165, 1.54) is 10.4 Å². The van der Waals surface area contributed by atoms with Gasteiger partial charge < -0.3 is 4.43 Å². The maximum absolute atomic E-state index is 5.94. The van der Waals surface area contributed by atoms with Crippen molar-refractivity contribution in [2.75, 3.05) is 0 Å². The smallest absolute Gasteiger partial charge is 0.546 e. The van der Waals surface area contributed by atoms with Gasteiger partial charge >= 0.3 is 1.43 Å². The lowest BCUT2D eigenvalue weighted by Gasteiger charge is -2.12. The van der Waals surface area contributed by atoms with E-state index in [9.17, 15) is 0 Å². The summed E-state index contributed by atoms with van der Waals surface area (Å²) < 4.78 is 5.94. The molecule has 2 nitrogen and oxygen atoms in total. The molecule has 2 rings (SSSR count). The van der Waals surface area contributed by atoms with Gasteiger partial charge in [0.25, 0.3) is 0 Å². The zero-order valence-electron chi connectivity index (χ0n) is 12.6. The number of nitrogens with zero attached hydrogens (tertiary/aromatic N) is 1. The molecule has 1 aromatic carbocycles. The van der Waals surface area contributed by atoms with Gasteiger partial charge in [0, 0.05) is 17.5 Å². The van der Waals surface area contributed by atoms with Crippen LogP contribution < -0.4 is 4.43 Å². The summed E-state index contributed by atoms with van der Waals surface area (Å²) in [6, 6.07) is 10.4. The first-order valence-electron chi connectivity index (χ1n) is 6.47. The van der Waals surface area contributed by atoms with Gasteiger partial charge in [0.2, 0.25) is 9.04 Å². The average molecular weight is 290 g/mol. The van der Waals surface area contributed by atoms with Crippen LogP contribution in [0.1, 0.15) is 11.9 Å². The van der Waals surface area contributed by atoms with Gasteiger partial charge in [-0.3, -0.25) is 4.99 Å². The van der Waals surface area contributed by atoms with E-state index in [0.29, 0.717) is 0 Å². The summed E-state index contributed by atoms with van der Waals surface area (Å²) in [5.74, 6) is 0.920. The molecule has 1 heterocycles. The number of rotatable bonds is 5. The Kier molecular flexibility index (Phi) is 4.93. The zero-order valence-corrected chi connectivity index (χ0v) is 13.6. The molecule has 0 aliphatic carbocycles. The Balaban J connectivity index is 0.00000200. The molecular weight excluding hydrogens is 270 g/mol. The molecule has 0 atom stereocenters. The third-order valence-electron chi connectivity index (χ3n) is 2.58. The summed E-state index contributed by atoms with van der Waals surface area (Å²) in [5.41, 5.74) is 2.14. The van der Waals surface area contributed by atoms with Crippen molar-refractivity contribution < 1.29 is 5.85 Å². The number of benzene rings is 1. The van der Waals surface area contributed by atoms with Crippen LogP contribution in [0.25, 0.3) is 0 Å². The van der Waals surface area contributed by atoms with Crippen molar-refractivity contribution in [3.05, 3.63) is 46.2 Å². The van der Waals surface area contributed by atoms with Crippen LogP contribution in [0.3, 0.4) is 0 Å². The van der Waals surface area contributed by atoms with Crippen LogP contribution >= 0.6 is 11.3 Å². The van der Waals surface area contributed by atoms with E-state index in [0.717, 1.165) is 17.9 Å². The van der Waals surface area contributed by atoms with Gasteiger partial charge in [0.15, 0.2) is 0 Å². The summed E-state index contributed by atoms with van der Waals surface area (Å²) in [6.07, 6.45) is 2.84. The first-order valence-corrected chi connectivity index (χ1v) is 10.1. The lowest BCUT2D eigenvalue weighted by molar-refractivity contribution is 0.581. The van der Waals surface area contributed by atoms with Crippen LogP contribution in [0.5, 0.6) is 5.75 Å². The van der Waals surface area contributed by atoms with Gasteiger partial charge in [0.1, 0.15) is 11.4 Å². The topological polar surface area (TPSA) is 21.6 Å². The number of hydrogen-bond donors (Lipinski definition) is 0. The quantitative estimate of drug-likeness (QED) is 0.588. The van der Waals surface area contributed by atoms with Crippen LogP contribution in [-0.4, -0.2) is 15.3 Å². The summed E-state index contributed by atoms with van der Waals surface area (Å²) in [6.45, 7) is 6.41. The van der Waals surface area contributed by atoms with Crippen molar-refractivity contribution in [1.82, 2.24) is 0 Å². The second-order valence-electron chi connectivity index (χ2n) is 4.73. The van der Waals surface area contributed by atoms with Crippen molar-refractivity contribution >= 4 is 32.3 Å². The normalized spacial score (nSPS) is 11.4. The van der Waals surface area contributed by atoms with Crippen molar-refractivity contribution in [2.24, 2.45) is 4.99 Å². The molecule has 2 aromatic rings. The number of aliphatic imine (C=N–C) groups is 1. The lowest BCUT2D eigenvalue weighted by atomic mass is 10.2. The van der Waals surface area contributed by atoms with Crippen molar-refractivity contribution in [2.45, 2.75) is 26.4 Å². The zero-order chi connectivity index (χ0) is 13.7. The lowest BCUT2D eigenvalue weighted by Crippen LogP contribution is -2.11. The van der Waals surface area contributed by atoms with E-state index in [4.69, 9.17) is 4.43 Å². The van der Waals surface area contributed by atoms with Crippen LogP contribution in [0.2, 0.25) is 13.1 Å². The third kappa shape index (κ3) is 4.33. The van der Waals surface area contributed by atoms with Gasteiger partial charge in [-0.1, -0.05) is 12.1 Å². The Morgan fingerprint density at radius 2 is 2.21 bits per heavy atom. The van der Waals surface area contributed by atoms with Crippen LogP contribution in [0, 0.1) is 6.92 Å².